The maximum atomic E-state index is 12.5. The lowest BCUT2D eigenvalue weighted by Crippen LogP contribution is -2.36. The van der Waals surface area contributed by atoms with Crippen LogP contribution in [-0.4, -0.2) is 43.2 Å². The molecule has 158 valence electrons. The van der Waals surface area contributed by atoms with Crippen LogP contribution in [0.1, 0.15) is 10.4 Å². The van der Waals surface area contributed by atoms with Crippen LogP contribution in [-0.2, 0) is 4.74 Å². The van der Waals surface area contributed by atoms with Crippen LogP contribution in [0.5, 0.6) is 0 Å². The van der Waals surface area contributed by atoms with E-state index >= 15 is 0 Å². The molecule has 0 aliphatic carbocycles. The maximum absolute atomic E-state index is 12.5. The highest BCUT2D eigenvalue weighted by molar-refractivity contribution is 6.04. The number of hydrogen-bond acceptors (Lipinski definition) is 5. The number of carbonyl (C=O) groups is 2. The number of amides is 3. The molecule has 2 aromatic carbocycles. The molecule has 0 unspecified atom stereocenters. The Kier molecular flexibility index (Phi) is 6.39. The number of carbonyl (C=O) groups excluding carboxylic acids is 2. The highest BCUT2D eigenvalue weighted by atomic mass is 16.5. The van der Waals surface area contributed by atoms with Gasteiger partial charge in [0.1, 0.15) is 5.82 Å². The molecular weight excluding hydrogens is 394 g/mol. The lowest BCUT2D eigenvalue weighted by molar-refractivity contribution is 0.102. The first kappa shape index (κ1) is 20.4. The molecule has 4 rings (SSSR count). The van der Waals surface area contributed by atoms with Crippen LogP contribution in [0.4, 0.5) is 27.7 Å². The van der Waals surface area contributed by atoms with E-state index in [4.69, 9.17) is 4.74 Å². The molecule has 3 amide bonds. The highest BCUT2D eigenvalue weighted by Gasteiger charge is 2.13. The third kappa shape index (κ3) is 5.58. The number of hydrogen-bond donors (Lipinski definition) is 3. The smallest absolute Gasteiger partial charge is 0.323 e. The minimum atomic E-state index is -0.339. The molecule has 8 nitrogen and oxygen atoms in total. The number of nitrogens with zero attached hydrogens (tertiary/aromatic N) is 2. The van der Waals surface area contributed by atoms with Crippen molar-refractivity contribution >= 4 is 34.8 Å². The third-order valence-corrected chi connectivity index (χ3v) is 4.78. The first-order valence-electron chi connectivity index (χ1n) is 10.0. The Bertz CT molecular complexity index is 1020. The zero-order valence-corrected chi connectivity index (χ0v) is 16.9. The van der Waals surface area contributed by atoms with E-state index in [1.54, 1.807) is 48.7 Å². The Morgan fingerprint density at radius 1 is 0.774 bits per heavy atom. The van der Waals surface area contributed by atoms with Crippen molar-refractivity contribution < 1.29 is 14.3 Å². The largest absolute Gasteiger partial charge is 0.378 e. The number of urea groups is 1. The quantitative estimate of drug-likeness (QED) is 0.587. The van der Waals surface area contributed by atoms with Crippen molar-refractivity contribution in [2.75, 3.05) is 47.2 Å². The molecule has 1 aromatic heterocycles. The van der Waals surface area contributed by atoms with Gasteiger partial charge in [0.25, 0.3) is 5.91 Å². The van der Waals surface area contributed by atoms with Gasteiger partial charge in [-0.15, -0.1) is 0 Å². The topological polar surface area (TPSA) is 95.6 Å². The monoisotopic (exact) mass is 417 g/mol. The van der Waals surface area contributed by atoms with Gasteiger partial charge in [0.05, 0.1) is 18.8 Å². The van der Waals surface area contributed by atoms with E-state index in [1.165, 1.54) is 0 Å². The van der Waals surface area contributed by atoms with Crippen molar-refractivity contribution in [3.63, 3.8) is 0 Å². The molecule has 1 aliphatic rings. The molecule has 1 fully saturated rings. The number of nitrogens with one attached hydrogen (secondary N) is 3. The molecule has 3 aromatic rings. The summed E-state index contributed by atoms with van der Waals surface area (Å²) in [6.45, 7) is 2.95. The Hall–Kier alpha value is -3.91. The van der Waals surface area contributed by atoms with Crippen LogP contribution in [0.2, 0.25) is 0 Å². The number of aromatic nitrogens is 1. The molecule has 1 aliphatic heterocycles. The number of anilines is 4. The van der Waals surface area contributed by atoms with Crippen molar-refractivity contribution in [3.8, 4) is 0 Å². The Balaban J connectivity index is 1.31. The fourth-order valence-electron chi connectivity index (χ4n) is 3.15. The minimum Gasteiger partial charge on any atom is -0.378 e. The molecule has 0 radical (unpaired) electrons. The molecule has 2 heterocycles. The van der Waals surface area contributed by atoms with Gasteiger partial charge >= 0.3 is 6.03 Å². The van der Waals surface area contributed by atoms with Crippen molar-refractivity contribution in [2.24, 2.45) is 0 Å². The first-order valence-corrected chi connectivity index (χ1v) is 10.0. The summed E-state index contributed by atoms with van der Waals surface area (Å²) in [5, 5.41) is 8.34. The average Bonchev–Trinajstić information content (AvgIpc) is 2.81. The minimum absolute atomic E-state index is 0.247. The van der Waals surface area contributed by atoms with Crippen LogP contribution in [0, 0.1) is 0 Å². The molecule has 0 atom stereocenters. The lowest BCUT2D eigenvalue weighted by atomic mass is 10.2. The number of morpholine rings is 1. The van der Waals surface area contributed by atoms with Gasteiger partial charge in [-0.25, -0.2) is 9.78 Å². The van der Waals surface area contributed by atoms with Gasteiger partial charge in [0.15, 0.2) is 0 Å². The van der Waals surface area contributed by atoms with Crippen LogP contribution in [0.25, 0.3) is 0 Å². The van der Waals surface area contributed by atoms with Crippen LogP contribution in [0.3, 0.4) is 0 Å². The maximum Gasteiger partial charge on any atom is 0.323 e. The number of rotatable bonds is 5. The first-order chi connectivity index (χ1) is 15.2. The van der Waals surface area contributed by atoms with E-state index in [9.17, 15) is 9.59 Å². The summed E-state index contributed by atoms with van der Waals surface area (Å²) >= 11 is 0. The summed E-state index contributed by atoms with van der Waals surface area (Å²) in [5.74, 6) is 0.590. The van der Waals surface area contributed by atoms with Crippen LogP contribution >= 0.6 is 0 Å². The molecular formula is C23H23N5O3. The number of para-hydroxylation sites is 1. The Labute approximate surface area is 180 Å². The zero-order valence-electron chi connectivity index (χ0n) is 16.9. The SMILES string of the molecule is O=C(Nc1ccccc1)Nc1ccc(NC(=O)c2ccc(N3CCOCC3)nc2)cc1. The fourth-order valence-corrected chi connectivity index (χ4v) is 3.15. The molecule has 3 N–H and O–H groups in total. The van der Waals surface area contributed by atoms with Gasteiger partial charge in [-0.1, -0.05) is 18.2 Å². The van der Waals surface area contributed by atoms with Gasteiger partial charge in [0.2, 0.25) is 0 Å². The predicted octanol–water partition coefficient (Wildman–Crippen LogP) is 3.81. The fraction of sp³-hybridized carbons (Fsp3) is 0.174. The molecule has 31 heavy (non-hydrogen) atoms. The summed E-state index contributed by atoms with van der Waals surface area (Å²) < 4.78 is 5.35. The van der Waals surface area contributed by atoms with Crippen LogP contribution in [0.15, 0.2) is 72.9 Å². The van der Waals surface area contributed by atoms with E-state index in [0.29, 0.717) is 35.8 Å². The standard InChI is InChI=1S/C23H23N5O3/c29-22(17-6-11-21(24-16-17)28-12-14-31-15-13-28)25-19-7-9-20(10-8-19)27-23(30)26-18-4-2-1-3-5-18/h1-11,16H,12-15H2,(H,25,29)(H2,26,27,30). The van der Waals surface area contributed by atoms with Gasteiger partial charge in [0, 0.05) is 36.3 Å². The average molecular weight is 417 g/mol. The number of benzene rings is 2. The summed E-state index contributed by atoms with van der Waals surface area (Å²) in [6.07, 6.45) is 1.57. The van der Waals surface area contributed by atoms with Crippen molar-refractivity contribution in [1.82, 2.24) is 4.98 Å². The third-order valence-electron chi connectivity index (χ3n) is 4.78. The summed E-state index contributed by atoms with van der Waals surface area (Å²) in [6, 6.07) is 19.4. The predicted molar refractivity (Wildman–Crippen MR) is 121 cm³/mol. The summed E-state index contributed by atoms with van der Waals surface area (Å²) in [7, 11) is 0. The van der Waals surface area contributed by atoms with E-state index in [-0.39, 0.29) is 11.9 Å². The molecule has 0 saturated carbocycles. The van der Waals surface area contributed by atoms with Gasteiger partial charge < -0.3 is 25.6 Å². The number of pyridine rings is 1. The second-order valence-electron chi connectivity index (χ2n) is 6.98. The zero-order chi connectivity index (χ0) is 21.5. The lowest BCUT2D eigenvalue weighted by Gasteiger charge is -2.27. The van der Waals surface area contributed by atoms with Gasteiger partial charge in [-0.3, -0.25) is 4.79 Å². The van der Waals surface area contributed by atoms with Gasteiger partial charge in [-0.2, -0.15) is 0 Å². The van der Waals surface area contributed by atoms with E-state index < -0.39 is 0 Å². The summed E-state index contributed by atoms with van der Waals surface area (Å²) in [4.78, 5) is 31.1. The molecule has 0 bridgehead atoms. The Morgan fingerprint density at radius 3 is 2.00 bits per heavy atom. The number of ether oxygens (including phenoxy) is 1. The second-order valence-corrected chi connectivity index (χ2v) is 6.98. The van der Waals surface area contributed by atoms with Crippen molar-refractivity contribution in [3.05, 3.63) is 78.5 Å². The second kappa shape index (κ2) is 9.73. The van der Waals surface area contributed by atoms with E-state index in [0.717, 1.165) is 18.9 Å². The van der Waals surface area contributed by atoms with Crippen LogP contribution < -0.4 is 20.9 Å². The van der Waals surface area contributed by atoms with Gasteiger partial charge in [-0.05, 0) is 48.5 Å². The Morgan fingerprint density at radius 2 is 1.39 bits per heavy atom. The highest BCUT2D eigenvalue weighted by Crippen LogP contribution is 2.17. The van der Waals surface area contributed by atoms with E-state index in [2.05, 4.69) is 25.8 Å². The normalized spacial score (nSPS) is 13.4. The molecule has 8 heteroatoms. The summed E-state index contributed by atoms with van der Waals surface area (Å²) in [5.41, 5.74) is 2.41. The van der Waals surface area contributed by atoms with E-state index in [1.807, 2.05) is 24.3 Å². The molecule has 0 spiro atoms. The van der Waals surface area contributed by atoms with Crippen molar-refractivity contribution in [2.45, 2.75) is 0 Å². The molecule has 1 saturated heterocycles. The van der Waals surface area contributed by atoms with Crippen molar-refractivity contribution in [1.29, 1.82) is 0 Å².